The Labute approximate surface area is 146 Å². The number of nitrogens with zero attached hydrogens (tertiary/aromatic N) is 4. The monoisotopic (exact) mass is 395 g/mol. The van der Waals surface area contributed by atoms with Crippen LogP contribution in [0.1, 0.15) is 17.0 Å². The van der Waals surface area contributed by atoms with Crippen molar-refractivity contribution >= 4 is 28.3 Å². The minimum absolute atomic E-state index is 0.0158. The quantitative estimate of drug-likeness (QED) is 0.620. The lowest BCUT2D eigenvalue weighted by Gasteiger charge is -2.11. The Morgan fingerprint density at radius 1 is 1.08 bits per heavy atom. The number of anilines is 1. The molecule has 138 valence electrons. The fourth-order valence-corrected chi connectivity index (χ4v) is 2.63. The summed E-state index contributed by atoms with van der Waals surface area (Å²) >= 11 is 6.00. The van der Waals surface area contributed by atoms with E-state index in [4.69, 9.17) is 17.3 Å². The number of aryl methyl sites for hydroxylation is 1. The summed E-state index contributed by atoms with van der Waals surface area (Å²) in [6.07, 6.45) is -8.91. The highest BCUT2D eigenvalue weighted by Crippen LogP contribution is 2.40. The number of nitrogens with two attached hydrogens (primary N) is 1. The topological polar surface area (TPSA) is 69.6 Å². The second-order valence-corrected chi connectivity index (χ2v) is 5.77. The molecule has 0 aliphatic rings. The summed E-state index contributed by atoms with van der Waals surface area (Å²) in [7, 11) is 0. The normalized spacial score (nSPS) is 12.8. The highest BCUT2D eigenvalue weighted by molar-refractivity contribution is 6.32. The van der Waals surface area contributed by atoms with Crippen LogP contribution < -0.4 is 5.73 Å². The van der Waals surface area contributed by atoms with Crippen LogP contribution in [0.2, 0.25) is 5.02 Å². The molecule has 0 atom stereocenters. The lowest BCUT2D eigenvalue weighted by molar-refractivity contribution is -0.149. The summed E-state index contributed by atoms with van der Waals surface area (Å²) in [6.45, 7) is 1.67. The molecule has 3 heterocycles. The van der Waals surface area contributed by atoms with Crippen LogP contribution in [-0.4, -0.2) is 19.7 Å². The third kappa shape index (κ3) is 3.02. The first kappa shape index (κ1) is 18.2. The third-order valence-electron chi connectivity index (χ3n) is 3.41. The summed E-state index contributed by atoms with van der Waals surface area (Å²) in [4.78, 5) is 6.64. The zero-order valence-corrected chi connectivity index (χ0v) is 13.5. The van der Waals surface area contributed by atoms with Gasteiger partial charge in [0.2, 0.25) is 0 Å². The number of fused-ring (bicyclic) bond motifs is 1. The maximum absolute atomic E-state index is 13.2. The van der Waals surface area contributed by atoms with Crippen molar-refractivity contribution in [2.45, 2.75) is 19.3 Å². The number of nitrogen functional groups attached to an aromatic ring is 1. The van der Waals surface area contributed by atoms with Crippen molar-refractivity contribution in [1.29, 1.82) is 0 Å². The molecule has 0 bridgehead atoms. The van der Waals surface area contributed by atoms with Gasteiger partial charge < -0.3 is 5.73 Å². The lowest BCUT2D eigenvalue weighted by atomic mass is 10.2. The van der Waals surface area contributed by atoms with E-state index in [1.54, 1.807) is 6.92 Å². The van der Waals surface area contributed by atoms with Gasteiger partial charge in [-0.3, -0.25) is 0 Å². The molecule has 0 amide bonds. The van der Waals surface area contributed by atoms with Crippen LogP contribution in [0, 0.1) is 6.92 Å². The lowest BCUT2D eigenvalue weighted by Crippen LogP contribution is -2.15. The molecule has 5 nitrogen and oxygen atoms in total. The Bertz CT molecular complexity index is 1010. The largest absolute Gasteiger partial charge is 0.434 e. The van der Waals surface area contributed by atoms with Crippen molar-refractivity contribution in [2.75, 3.05) is 5.73 Å². The molecule has 26 heavy (non-hydrogen) atoms. The second kappa shape index (κ2) is 5.73. The summed E-state index contributed by atoms with van der Waals surface area (Å²) < 4.78 is 79.2. The standard InChI is InChI=1S/C14H8ClF6N5/c1-5-2-6(15)12(23-4-5)26-11(22)9-7(25-26)3-8(13(16,17)18)24-10(9)14(19,20)21/h2-4H,22H2,1H3. The van der Waals surface area contributed by atoms with E-state index in [9.17, 15) is 26.3 Å². The fraction of sp³-hybridized carbons (Fsp3) is 0.214. The van der Waals surface area contributed by atoms with Gasteiger partial charge in [-0.2, -0.15) is 36.1 Å². The molecule has 2 N–H and O–H groups in total. The number of hydrogen-bond donors (Lipinski definition) is 1. The van der Waals surface area contributed by atoms with Gasteiger partial charge >= 0.3 is 12.4 Å². The molecule has 0 aromatic carbocycles. The Morgan fingerprint density at radius 3 is 2.27 bits per heavy atom. The maximum atomic E-state index is 13.2. The van der Waals surface area contributed by atoms with Crippen molar-refractivity contribution in [1.82, 2.24) is 19.7 Å². The highest BCUT2D eigenvalue weighted by Gasteiger charge is 2.41. The highest BCUT2D eigenvalue weighted by atomic mass is 35.5. The van der Waals surface area contributed by atoms with E-state index >= 15 is 0 Å². The fourth-order valence-electron chi connectivity index (χ4n) is 2.32. The van der Waals surface area contributed by atoms with Crippen molar-refractivity contribution < 1.29 is 26.3 Å². The summed E-state index contributed by atoms with van der Waals surface area (Å²) in [5.41, 5.74) is 2.23. The minimum Gasteiger partial charge on any atom is -0.383 e. The molecule has 0 saturated heterocycles. The molecule has 3 aromatic heterocycles. The Hall–Kier alpha value is -2.56. The molecule has 0 aliphatic carbocycles. The van der Waals surface area contributed by atoms with Gasteiger partial charge in [0, 0.05) is 6.20 Å². The van der Waals surface area contributed by atoms with Crippen LogP contribution >= 0.6 is 11.6 Å². The summed E-state index contributed by atoms with van der Waals surface area (Å²) in [6, 6.07) is 1.85. The molecule has 3 rings (SSSR count). The molecular formula is C14H8ClF6N5. The van der Waals surface area contributed by atoms with Crippen LogP contribution in [0.4, 0.5) is 32.2 Å². The van der Waals surface area contributed by atoms with Gasteiger partial charge in [0.1, 0.15) is 11.5 Å². The molecule has 0 saturated carbocycles. The van der Waals surface area contributed by atoms with Crippen LogP contribution in [0.5, 0.6) is 0 Å². The van der Waals surface area contributed by atoms with Crippen LogP contribution in [0.25, 0.3) is 16.7 Å². The zero-order valence-electron chi connectivity index (χ0n) is 12.7. The predicted octanol–water partition coefficient (Wildman–Crippen LogP) is 4.40. The minimum atomic E-state index is -5.17. The molecule has 3 aromatic rings. The van der Waals surface area contributed by atoms with E-state index < -0.39 is 40.5 Å². The number of alkyl halides is 6. The van der Waals surface area contributed by atoms with E-state index in [1.807, 2.05) is 0 Å². The number of halogens is 7. The van der Waals surface area contributed by atoms with Crippen molar-refractivity contribution in [3.63, 3.8) is 0 Å². The smallest absolute Gasteiger partial charge is 0.383 e. The van der Waals surface area contributed by atoms with Gasteiger partial charge in [-0.1, -0.05) is 11.6 Å². The van der Waals surface area contributed by atoms with E-state index in [0.717, 1.165) is 4.68 Å². The van der Waals surface area contributed by atoms with Gasteiger partial charge in [-0.25, -0.2) is 9.97 Å². The predicted molar refractivity (Wildman–Crippen MR) is 80.8 cm³/mol. The average molecular weight is 396 g/mol. The Balaban J connectivity index is 2.38. The average Bonchev–Trinajstić information content (AvgIpc) is 2.81. The number of hydrogen-bond acceptors (Lipinski definition) is 4. The van der Waals surface area contributed by atoms with E-state index in [-0.39, 0.29) is 10.8 Å². The summed E-state index contributed by atoms with van der Waals surface area (Å²) in [5, 5.41) is 2.98. The summed E-state index contributed by atoms with van der Waals surface area (Å²) in [5.74, 6) is -0.695. The van der Waals surface area contributed by atoms with Gasteiger partial charge in [0.15, 0.2) is 11.5 Å². The van der Waals surface area contributed by atoms with Crippen LogP contribution in [0.15, 0.2) is 18.3 Å². The van der Waals surface area contributed by atoms with Crippen LogP contribution in [-0.2, 0) is 12.4 Å². The van der Waals surface area contributed by atoms with Crippen molar-refractivity contribution in [3.8, 4) is 5.82 Å². The first-order chi connectivity index (χ1) is 11.9. The van der Waals surface area contributed by atoms with Gasteiger partial charge in [0.05, 0.1) is 15.9 Å². The first-order valence-corrected chi connectivity index (χ1v) is 7.23. The zero-order chi connectivity index (χ0) is 19.4. The molecule has 0 aliphatic heterocycles. The molecular weight excluding hydrogens is 388 g/mol. The Morgan fingerprint density at radius 2 is 1.73 bits per heavy atom. The molecule has 0 spiro atoms. The van der Waals surface area contributed by atoms with E-state index in [0.29, 0.717) is 11.6 Å². The molecule has 12 heteroatoms. The van der Waals surface area contributed by atoms with E-state index in [1.165, 1.54) is 12.3 Å². The van der Waals surface area contributed by atoms with Crippen LogP contribution in [0.3, 0.4) is 0 Å². The van der Waals surface area contributed by atoms with Crippen molar-refractivity contribution in [2.24, 2.45) is 0 Å². The second-order valence-electron chi connectivity index (χ2n) is 5.36. The third-order valence-corrected chi connectivity index (χ3v) is 3.69. The molecule has 0 unspecified atom stereocenters. The Kier molecular flexibility index (Phi) is 4.02. The van der Waals surface area contributed by atoms with E-state index in [2.05, 4.69) is 15.1 Å². The first-order valence-electron chi connectivity index (χ1n) is 6.85. The number of pyridine rings is 2. The number of rotatable bonds is 1. The molecule has 0 radical (unpaired) electrons. The number of aromatic nitrogens is 4. The SMILES string of the molecule is Cc1cnc(-n2nc3cc(C(F)(F)F)nc(C(F)(F)F)c3c2N)c(Cl)c1. The van der Waals surface area contributed by atoms with Gasteiger partial charge in [0.25, 0.3) is 0 Å². The van der Waals surface area contributed by atoms with Gasteiger partial charge in [-0.15, -0.1) is 0 Å². The molecule has 0 fully saturated rings. The van der Waals surface area contributed by atoms with Crippen molar-refractivity contribution in [3.05, 3.63) is 40.3 Å². The maximum Gasteiger partial charge on any atom is 0.434 e. The van der Waals surface area contributed by atoms with Gasteiger partial charge in [-0.05, 0) is 24.6 Å².